The highest BCUT2D eigenvalue weighted by atomic mass is 16.6. The van der Waals surface area contributed by atoms with E-state index in [0.29, 0.717) is 13.0 Å². The molecule has 2 rings (SSSR count). The Hall–Kier alpha value is -2.04. The van der Waals surface area contributed by atoms with Gasteiger partial charge >= 0.3 is 12.1 Å². The van der Waals surface area contributed by atoms with Crippen LogP contribution in [0.1, 0.15) is 44.4 Å². The van der Waals surface area contributed by atoms with Crippen LogP contribution in [0.2, 0.25) is 0 Å². The van der Waals surface area contributed by atoms with Gasteiger partial charge in [0.2, 0.25) is 0 Å². The number of amides is 1. The quantitative estimate of drug-likeness (QED) is 0.909. The topological polar surface area (TPSA) is 66.8 Å². The molecule has 1 fully saturated rings. The molecular formula is C17H23NO4. The highest BCUT2D eigenvalue weighted by Crippen LogP contribution is 2.39. The van der Waals surface area contributed by atoms with E-state index in [0.717, 1.165) is 11.1 Å². The molecule has 0 radical (unpaired) electrons. The number of ether oxygens (including phenoxy) is 1. The molecule has 5 heteroatoms. The standard InChI is InChI=1S/C17H23NO4/c1-11-7-5-6-8-12(11)14-13(15(19)20)9-10-18(14)16(21)22-17(2,3)4/h5-8,13-14H,9-10H2,1-4H3,(H,19,20)/t13-,14+/m0/s1. The maximum atomic E-state index is 12.4. The third kappa shape index (κ3) is 3.40. The van der Waals surface area contributed by atoms with Gasteiger partial charge in [-0.05, 0) is 45.2 Å². The van der Waals surface area contributed by atoms with Crippen molar-refractivity contribution in [3.63, 3.8) is 0 Å². The van der Waals surface area contributed by atoms with Crippen LogP contribution in [0.3, 0.4) is 0 Å². The Morgan fingerprint density at radius 3 is 2.45 bits per heavy atom. The van der Waals surface area contributed by atoms with Crippen molar-refractivity contribution < 1.29 is 19.4 Å². The lowest BCUT2D eigenvalue weighted by atomic mass is 9.91. The van der Waals surface area contributed by atoms with E-state index >= 15 is 0 Å². The van der Waals surface area contributed by atoms with Crippen LogP contribution in [0, 0.1) is 12.8 Å². The van der Waals surface area contributed by atoms with Crippen molar-refractivity contribution in [2.24, 2.45) is 5.92 Å². The summed E-state index contributed by atoms with van der Waals surface area (Å²) in [6.45, 7) is 7.74. The predicted octanol–water partition coefficient (Wildman–Crippen LogP) is 3.38. The highest BCUT2D eigenvalue weighted by Gasteiger charge is 2.44. The van der Waals surface area contributed by atoms with Gasteiger partial charge in [0.1, 0.15) is 5.60 Å². The Labute approximate surface area is 130 Å². The third-order valence-corrected chi connectivity index (χ3v) is 3.85. The van der Waals surface area contributed by atoms with Gasteiger partial charge in [0.15, 0.2) is 0 Å². The molecule has 0 aliphatic carbocycles. The summed E-state index contributed by atoms with van der Waals surface area (Å²) in [7, 11) is 0. The lowest BCUT2D eigenvalue weighted by Crippen LogP contribution is -2.38. The van der Waals surface area contributed by atoms with Crippen molar-refractivity contribution in [1.82, 2.24) is 4.90 Å². The van der Waals surface area contributed by atoms with E-state index in [1.807, 2.05) is 31.2 Å². The van der Waals surface area contributed by atoms with Gasteiger partial charge in [0, 0.05) is 6.54 Å². The molecule has 0 aromatic heterocycles. The molecule has 1 aromatic carbocycles. The fraction of sp³-hybridized carbons (Fsp3) is 0.529. The van der Waals surface area contributed by atoms with Crippen molar-refractivity contribution in [2.75, 3.05) is 6.54 Å². The monoisotopic (exact) mass is 305 g/mol. The zero-order chi connectivity index (χ0) is 16.5. The Kier molecular flexibility index (Phi) is 4.44. The van der Waals surface area contributed by atoms with Crippen LogP contribution in [0.25, 0.3) is 0 Å². The lowest BCUT2D eigenvalue weighted by Gasteiger charge is -2.30. The van der Waals surface area contributed by atoms with Crippen molar-refractivity contribution in [3.05, 3.63) is 35.4 Å². The predicted molar refractivity (Wildman–Crippen MR) is 82.6 cm³/mol. The van der Waals surface area contributed by atoms with Crippen LogP contribution in [-0.4, -0.2) is 34.2 Å². The lowest BCUT2D eigenvalue weighted by molar-refractivity contribution is -0.142. The van der Waals surface area contributed by atoms with Gasteiger partial charge in [0.25, 0.3) is 0 Å². The molecular weight excluding hydrogens is 282 g/mol. The molecule has 0 unspecified atom stereocenters. The minimum atomic E-state index is -0.876. The third-order valence-electron chi connectivity index (χ3n) is 3.85. The van der Waals surface area contributed by atoms with Crippen LogP contribution >= 0.6 is 0 Å². The van der Waals surface area contributed by atoms with Crippen molar-refractivity contribution in [2.45, 2.75) is 45.8 Å². The minimum Gasteiger partial charge on any atom is -0.481 e. The van der Waals surface area contributed by atoms with E-state index in [4.69, 9.17) is 4.74 Å². The maximum Gasteiger partial charge on any atom is 0.410 e. The molecule has 1 N–H and O–H groups in total. The fourth-order valence-electron chi connectivity index (χ4n) is 2.88. The SMILES string of the molecule is Cc1ccccc1[C@@H]1[C@@H](C(=O)O)CCN1C(=O)OC(C)(C)C. The first-order valence-corrected chi connectivity index (χ1v) is 7.48. The Morgan fingerprint density at radius 2 is 1.91 bits per heavy atom. The Morgan fingerprint density at radius 1 is 1.27 bits per heavy atom. The molecule has 2 atom stereocenters. The molecule has 1 aromatic rings. The molecule has 1 aliphatic rings. The number of carbonyl (C=O) groups excluding carboxylic acids is 1. The number of carboxylic acids is 1. The summed E-state index contributed by atoms with van der Waals surface area (Å²) in [5.74, 6) is -1.48. The molecule has 120 valence electrons. The number of aliphatic carboxylic acids is 1. The molecule has 1 saturated heterocycles. The number of benzene rings is 1. The Bertz CT molecular complexity index is 576. The van der Waals surface area contributed by atoms with E-state index in [-0.39, 0.29) is 0 Å². The number of hydrogen-bond acceptors (Lipinski definition) is 3. The van der Waals surface area contributed by atoms with Crippen LogP contribution < -0.4 is 0 Å². The van der Waals surface area contributed by atoms with Gasteiger partial charge in [-0.1, -0.05) is 24.3 Å². The number of nitrogens with zero attached hydrogens (tertiary/aromatic N) is 1. The van der Waals surface area contributed by atoms with Gasteiger partial charge in [-0.2, -0.15) is 0 Å². The first-order valence-electron chi connectivity index (χ1n) is 7.48. The zero-order valence-electron chi connectivity index (χ0n) is 13.5. The Balaban J connectivity index is 2.36. The molecule has 1 heterocycles. The number of carbonyl (C=O) groups is 2. The molecule has 0 spiro atoms. The second kappa shape index (κ2) is 5.99. The fourth-order valence-corrected chi connectivity index (χ4v) is 2.88. The highest BCUT2D eigenvalue weighted by molar-refractivity contribution is 5.76. The summed E-state index contributed by atoms with van der Waals surface area (Å²) in [6, 6.07) is 7.11. The van der Waals surface area contributed by atoms with E-state index in [9.17, 15) is 14.7 Å². The minimum absolute atomic E-state index is 0.394. The van der Waals surface area contributed by atoms with Gasteiger partial charge in [-0.3, -0.25) is 4.79 Å². The number of rotatable bonds is 2. The van der Waals surface area contributed by atoms with Crippen LogP contribution in [0.15, 0.2) is 24.3 Å². The largest absolute Gasteiger partial charge is 0.481 e. The molecule has 0 saturated carbocycles. The van der Waals surface area contributed by atoms with Crippen LogP contribution in [0.4, 0.5) is 4.79 Å². The smallest absolute Gasteiger partial charge is 0.410 e. The molecule has 1 aliphatic heterocycles. The number of carboxylic acid groups (broad SMARTS) is 1. The molecule has 5 nitrogen and oxygen atoms in total. The first-order chi connectivity index (χ1) is 10.2. The van der Waals surface area contributed by atoms with Crippen molar-refractivity contribution in [3.8, 4) is 0 Å². The van der Waals surface area contributed by atoms with E-state index in [2.05, 4.69) is 0 Å². The summed E-state index contributed by atoms with van der Waals surface area (Å²) in [5, 5.41) is 9.49. The average molecular weight is 305 g/mol. The summed E-state index contributed by atoms with van der Waals surface area (Å²) in [4.78, 5) is 25.6. The average Bonchev–Trinajstić information content (AvgIpc) is 2.82. The van der Waals surface area contributed by atoms with E-state index in [1.165, 1.54) is 0 Å². The maximum absolute atomic E-state index is 12.4. The number of likely N-dealkylation sites (tertiary alicyclic amines) is 1. The van der Waals surface area contributed by atoms with Crippen LogP contribution in [0.5, 0.6) is 0 Å². The van der Waals surface area contributed by atoms with Gasteiger partial charge in [-0.25, -0.2) is 4.79 Å². The summed E-state index contributed by atoms with van der Waals surface area (Å²) in [6.07, 6.45) is -0.0161. The van der Waals surface area contributed by atoms with Gasteiger partial charge < -0.3 is 14.7 Å². The molecule has 0 bridgehead atoms. The first kappa shape index (κ1) is 16.3. The molecule has 1 amide bonds. The zero-order valence-corrected chi connectivity index (χ0v) is 13.5. The van der Waals surface area contributed by atoms with Crippen LogP contribution in [-0.2, 0) is 9.53 Å². The van der Waals surface area contributed by atoms with Gasteiger partial charge in [0.05, 0.1) is 12.0 Å². The number of aryl methyl sites for hydroxylation is 1. The van der Waals surface area contributed by atoms with E-state index < -0.39 is 29.6 Å². The summed E-state index contributed by atoms with van der Waals surface area (Å²) < 4.78 is 5.44. The summed E-state index contributed by atoms with van der Waals surface area (Å²) in [5.41, 5.74) is 1.25. The number of hydrogen-bond donors (Lipinski definition) is 1. The summed E-state index contributed by atoms with van der Waals surface area (Å²) >= 11 is 0. The molecule has 22 heavy (non-hydrogen) atoms. The van der Waals surface area contributed by atoms with Crippen molar-refractivity contribution in [1.29, 1.82) is 0 Å². The second-order valence-electron chi connectivity index (χ2n) is 6.71. The van der Waals surface area contributed by atoms with Gasteiger partial charge in [-0.15, -0.1) is 0 Å². The van der Waals surface area contributed by atoms with Crippen molar-refractivity contribution >= 4 is 12.1 Å². The van der Waals surface area contributed by atoms with E-state index in [1.54, 1.807) is 25.7 Å². The normalized spacial score (nSPS) is 21.7. The second-order valence-corrected chi connectivity index (χ2v) is 6.71.